The molecule has 1 aliphatic rings. The molecule has 0 aromatic heterocycles. The van der Waals surface area contributed by atoms with Gasteiger partial charge in [-0.05, 0) is 6.92 Å². The molecule has 1 heterocycles. The van der Waals surface area contributed by atoms with Crippen molar-refractivity contribution < 1.29 is 23.3 Å². The van der Waals surface area contributed by atoms with Crippen molar-refractivity contribution in [2.75, 3.05) is 38.7 Å². The number of amides is 1. The molecule has 2 atom stereocenters. The molecule has 2 unspecified atom stereocenters. The molecule has 6 nitrogen and oxygen atoms in total. The molecule has 1 aliphatic heterocycles. The zero-order chi connectivity index (χ0) is 13.5. The zero-order valence-corrected chi connectivity index (χ0v) is 11.5. The van der Waals surface area contributed by atoms with Gasteiger partial charge >= 0.3 is 0 Å². The maximum absolute atomic E-state index is 11.6. The van der Waals surface area contributed by atoms with Crippen LogP contribution in [0.3, 0.4) is 0 Å². The van der Waals surface area contributed by atoms with Gasteiger partial charge < -0.3 is 9.47 Å². The van der Waals surface area contributed by atoms with Crippen molar-refractivity contribution in [3.05, 3.63) is 0 Å². The molecule has 1 fully saturated rings. The highest BCUT2D eigenvalue weighted by molar-refractivity contribution is 7.83. The summed E-state index contributed by atoms with van der Waals surface area (Å²) in [6.45, 7) is 4.68. The van der Waals surface area contributed by atoms with Crippen LogP contribution in [-0.4, -0.2) is 58.9 Å². The van der Waals surface area contributed by atoms with Crippen molar-refractivity contribution in [3.63, 3.8) is 0 Å². The molecule has 1 saturated heterocycles. The van der Waals surface area contributed by atoms with E-state index in [1.54, 1.807) is 6.92 Å². The Morgan fingerprint density at radius 3 is 2.61 bits per heavy atom. The molecular weight excluding hydrogens is 258 g/mol. The van der Waals surface area contributed by atoms with Crippen LogP contribution in [0.1, 0.15) is 13.8 Å². The van der Waals surface area contributed by atoms with Crippen LogP contribution in [0.25, 0.3) is 0 Å². The maximum atomic E-state index is 11.6. The molecule has 104 valence electrons. The number of Topliss-reactive ketones (excluding diaryl/α,β-unsaturated/α-hetero) is 1. The summed E-state index contributed by atoms with van der Waals surface area (Å²) < 4.78 is 23.1. The number of carbonyl (C=O) groups is 2. The Kier molecular flexibility index (Phi) is 6.45. The molecule has 0 aromatic carbocycles. The molecule has 0 N–H and O–H groups in total. The lowest BCUT2D eigenvalue weighted by Crippen LogP contribution is -2.31. The zero-order valence-electron chi connectivity index (χ0n) is 10.7. The number of rotatable bonds is 8. The van der Waals surface area contributed by atoms with Crippen LogP contribution < -0.4 is 0 Å². The predicted molar refractivity (Wildman–Crippen MR) is 66.2 cm³/mol. The average Bonchev–Trinajstić information content (AvgIpc) is 2.53. The van der Waals surface area contributed by atoms with Crippen LogP contribution in [0.5, 0.6) is 0 Å². The van der Waals surface area contributed by atoms with Crippen LogP contribution in [0.4, 0.5) is 0 Å². The van der Waals surface area contributed by atoms with E-state index in [4.69, 9.17) is 9.47 Å². The third-order valence-corrected chi connectivity index (χ3v) is 4.06. The number of ketones is 1. The summed E-state index contributed by atoms with van der Waals surface area (Å²) in [6.07, 6.45) is 0. The number of hydrogen-bond donors (Lipinski definition) is 0. The standard InChI is InChI=1S/C11H19NO5S/c1-9-8-18(15)12(11(9)14)3-4-16-5-6-17-7-10(2)13/h9H,3-8H2,1-2H3. The molecule has 1 amide bonds. The van der Waals surface area contributed by atoms with Crippen molar-refractivity contribution >= 4 is 22.7 Å². The van der Waals surface area contributed by atoms with Gasteiger partial charge in [0.05, 0.1) is 32.1 Å². The van der Waals surface area contributed by atoms with Gasteiger partial charge in [-0.2, -0.15) is 0 Å². The molecule has 18 heavy (non-hydrogen) atoms. The van der Waals surface area contributed by atoms with E-state index >= 15 is 0 Å². The molecule has 0 bridgehead atoms. The topological polar surface area (TPSA) is 72.9 Å². The van der Waals surface area contributed by atoms with E-state index in [0.717, 1.165) is 0 Å². The van der Waals surface area contributed by atoms with Gasteiger partial charge in [-0.15, -0.1) is 0 Å². The van der Waals surface area contributed by atoms with E-state index < -0.39 is 11.0 Å². The monoisotopic (exact) mass is 277 g/mol. The lowest BCUT2D eigenvalue weighted by atomic mass is 10.2. The Balaban J connectivity index is 2.06. The van der Waals surface area contributed by atoms with Crippen molar-refractivity contribution in [2.45, 2.75) is 13.8 Å². The van der Waals surface area contributed by atoms with Gasteiger partial charge in [-0.25, -0.2) is 4.21 Å². The molecule has 0 aliphatic carbocycles. The minimum atomic E-state index is -1.21. The van der Waals surface area contributed by atoms with Crippen LogP contribution in [0.15, 0.2) is 0 Å². The van der Waals surface area contributed by atoms with E-state index in [1.807, 2.05) is 0 Å². The Morgan fingerprint density at radius 1 is 1.39 bits per heavy atom. The second kappa shape index (κ2) is 7.60. The number of nitrogens with zero attached hydrogens (tertiary/aromatic N) is 1. The molecule has 7 heteroatoms. The van der Waals surface area contributed by atoms with Crippen LogP contribution in [0, 0.1) is 5.92 Å². The Morgan fingerprint density at radius 2 is 2.06 bits per heavy atom. The van der Waals surface area contributed by atoms with Gasteiger partial charge in [-0.1, -0.05) is 6.92 Å². The highest BCUT2D eigenvalue weighted by atomic mass is 32.2. The molecule has 0 spiro atoms. The van der Waals surface area contributed by atoms with Crippen molar-refractivity contribution in [2.24, 2.45) is 5.92 Å². The summed E-state index contributed by atoms with van der Waals surface area (Å²) >= 11 is 0. The van der Waals surface area contributed by atoms with Crippen molar-refractivity contribution in [3.8, 4) is 0 Å². The molecule has 0 aromatic rings. The SMILES string of the molecule is CC(=O)COCCOCCN1C(=O)C(C)CS1=O. The van der Waals surface area contributed by atoms with Crippen molar-refractivity contribution in [1.82, 2.24) is 4.31 Å². The van der Waals surface area contributed by atoms with Gasteiger partial charge in [0.15, 0.2) is 5.78 Å². The summed E-state index contributed by atoms with van der Waals surface area (Å²) in [5, 5.41) is 0. The van der Waals surface area contributed by atoms with Gasteiger partial charge in [-0.3, -0.25) is 13.9 Å². The summed E-state index contributed by atoms with van der Waals surface area (Å²) in [4.78, 5) is 22.1. The number of ether oxygens (including phenoxy) is 2. The van der Waals surface area contributed by atoms with Gasteiger partial charge in [0.2, 0.25) is 5.91 Å². The lowest BCUT2D eigenvalue weighted by Gasteiger charge is -2.14. The summed E-state index contributed by atoms with van der Waals surface area (Å²) in [5.74, 6) is 0.136. The maximum Gasteiger partial charge on any atom is 0.238 e. The van der Waals surface area contributed by atoms with Gasteiger partial charge in [0.25, 0.3) is 0 Å². The summed E-state index contributed by atoms with van der Waals surface area (Å²) in [5.41, 5.74) is 0. The second-order valence-corrected chi connectivity index (χ2v) is 5.61. The first-order valence-corrected chi connectivity index (χ1v) is 7.14. The first kappa shape index (κ1) is 15.3. The minimum Gasteiger partial charge on any atom is -0.377 e. The fourth-order valence-corrected chi connectivity index (χ4v) is 2.93. The normalized spacial score (nSPS) is 23.7. The highest BCUT2D eigenvalue weighted by Crippen LogP contribution is 2.16. The second-order valence-electron chi connectivity index (χ2n) is 4.20. The average molecular weight is 277 g/mol. The van der Waals surface area contributed by atoms with Gasteiger partial charge in [0, 0.05) is 5.92 Å². The quantitative estimate of drug-likeness (QED) is 0.572. The molecular formula is C11H19NO5S. The van der Waals surface area contributed by atoms with Crippen LogP contribution >= 0.6 is 0 Å². The van der Waals surface area contributed by atoms with E-state index in [9.17, 15) is 13.8 Å². The minimum absolute atomic E-state index is 0.0259. The fraction of sp³-hybridized carbons (Fsp3) is 0.818. The third-order valence-electron chi connectivity index (χ3n) is 2.42. The lowest BCUT2D eigenvalue weighted by molar-refractivity contribution is -0.128. The largest absolute Gasteiger partial charge is 0.377 e. The summed E-state index contributed by atoms with van der Waals surface area (Å²) in [6, 6.07) is 0. The first-order chi connectivity index (χ1) is 8.52. The van der Waals surface area contributed by atoms with Crippen LogP contribution in [-0.2, 0) is 30.0 Å². The van der Waals surface area contributed by atoms with Gasteiger partial charge in [0.1, 0.15) is 17.6 Å². The molecule has 1 rings (SSSR count). The first-order valence-electron chi connectivity index (χ1n) is 5.87. The van der Waals surface area contributed by atoms with Crippen LogP contribution in [0.2, 0.25) is 0 Å². The highest BCUT2D eigenvalue weighted by Gasteiger charge is 2.34. The Hall–Kier alpha value is -0.790. The number of hydrogen-bond acceptors (Lipinski definition) is 5. The van der Waals surface area contributed by atoms with E-state index in [1.165, 1.54) is 11.2 Å². The number of carbonyl (C=O) groups excluding carboxylic acids is 2. The van der Waals surface area contributed by atoms with E-state index in [0.29, 0.717) is 32.1 Å². The van der Waals surface area contributed by atoms with E-state index in [2.05, 4.69) is 0 Å². The fourth-order valence-electron chi connectivity index (χ4n) is 1.52. The summed E-state index contributed by atoms with van der Waals surface area (Å²) in [7, 11) is -1.21. The molecule has 0 radical (unpaired) electrons. The smallest absolute Gasteiger partial charge is 0.238 e. The Labute approximate surface area is 109 Å². The predicted octanol–water partition coefficient (Wildman–Crippen LogP) is -0.249. The Bertz CT molecular complexity index is 333. The molecule has 0 saturated carbocycles. The van der Waals surface area contributed by atoms with Crippen molar-refractivity contribution in [1.29, 1.82) is 0 Å². The third kappa shape index (κ3) is 4.83. The van der Waals surface area contributed by atoms with E-state index in [-0.39, 0.29) is 24.2 Å².